The summed E-state index contributed by atoms with van der Waals surface area (Å²) in [6.45, 7) is 4.40. The lowest BCUT2D eigenvalue weighted by atomic mass is 9.98. The molecule has 0 bridgehead atoms. The summed E-state index contributed by atoms with van der Waals surface area (Å²) >= 11 is 0. The Hall–Kier alpha value is -3.39. The minimum atomic E-state index is -1.04. The number of carboxylic acid groups (broad SMARTS) is 1. The highest BCUT2D eigenvalue weighted by Gasteiger charge is 2.38. The Kier molecular flexibility index (Phi) is 6.88. The number of hydrogen-bond acceptors (Lipinski definition) is 5. The third-order valence-electron chi connectivity index (χ3n) is 6.64. The summed E-state index contributed by atoms with van der Waals surface area (Å²) in [5, 5.41) is 14.5. The van der Waals surface area contributed by atoms with Gasteiger partial charge in [-0.1, -0.05) is 48.5 Å². The molecule has 0 aromatic heterocycles. The van der Waals surface area contributed by atoms with Crippen molar-refractivity contribution in [3.05, 3.63) is 59.7 Å². The quantitative estimate of drug-likeness (QED) is 0.549. The first-order valence-electron chi connectivity index (χ1n) is 11.5. The topological polar surface area (TPSA) is 114 Å². The number of alkyl carbamates (subject to hydrolysis) is 1. The van der Waals surface area contributed by atoms with Gasteiger partial charge in [-0.15, -0.1) is 0 Å². The third-order valence-corrected chi connectivity index (χ3v) is 6.64. The Labute approximate surface area is 198 Å². The predicted octanol–water partition coefficient (Wildman–Crippen LogP) is 3.44. The van der Waals surface area contributed by atoms with E-state index in [0.29, 0.717) is 13.0 Å². The summed E-state index contributed by atoms with van der Waals surface area (Å²) in [6, 6.07) is 14.8. The number of amides is 2. The largest absolute Gasteiger partial charge is 0.481 e. The lowest BCUT2D eigenvalue weighted by molar-refractivity contribution is -0.137. The molecule has 1 aliphatic heterocycles. The first-order chi connectivity index (χ1) is 16.3. The number of benzene rings is 2. The van der Waals surface area contributed by atoms with Crippen LogP contribution in [0.25, 0.3) is 11.1 Å². The van der Waals surface area contributed by atoms with Crippen LogP contribution in [0.2, 0.25) is 0 Å². The highest BCUT2D eigenvalue weighted by molar-refractivity contribution is 5.86. The summed E-state index contributed by atoms with van der Waals surface area (Å²) in [7, 11) is 0. The van der Waals surface area contributed by atoms with E-state index >= 15 is 0 Å². The van der Waals surface area contributed by atoms with E-state index in [9.17, 15) is 14.4 Å². The van der Waals surface area contributed by atoms with Gasteiger partial charge in [0.25, 0.3) is 0 Å². The number of aliphatic carboxylic acids is 1. The zero-order chi connectivity index (χ0) is 24.3. The van der Waals surface area contributed by atoms with Crippen LogP contribution >= 0.6 is 0 Å². The van der Waals surface area contributed by atoms with Crippen LogP contribution in [0.1, 0.15) is 50.2 Å². The van der Waals surface area contributed by atoms with Gasteiger partial charge in [-0.3, -0.25) is 9.59 Å². The van der Waals surface area contributed by atoms with E-state index in [1.54, 1.807) is 0 Å². The van der Waals surface area contributed by atoms with Crippen molar-refractivity contribution in [3.63, 3.8) is 0 Å². The zero-order valence-electron chi connectivity index (χ0n) is 19.4. The molecule has 180 valence electrons. The van der Waals surface area contributed by atoms with Gasteiger partial charge >= 0.3 is 12.1 Å². The van der Waals surface area contributed by atoms with Crippen molar-refractivity contribution in [2.45, 2.75) is 56.7 Å². The summed E-state index contributed by atoms with van der Waals surface area (Å²) in [6.07, 6.45) is -0.407. The van der Waals surface area contributed by atoms with Crippen molar-refractivity contribution in [1.29, 1.82) is 0 Å². The van der Waals surface area contributed by atoms with Crippen LogP contribution < -0.4 is 10.6 Å². The van der Waals surface area contributed by atoms with E-state index < -0.39 is 29.6 Å². The Balaban J connectivity index is 1.41. The molecule has 0 radical (unpaired) electrons. The maximum atomic E-state index is 12.9. The van der Waals surface area contributed by atoms with Crippen LogP contribution in [0.15, 0.2) is 48.5 Å². The fraction of sp³-hybridized carbons (Fsp3) is 0.423. The third kappa shape index (κ3) is 5.07. The monoisotopic (exact) mass is 466 g/mol. The Morgan fingerprint density at radius 2 is 1.71 bits per heavy atom. The lowest BCUT2D eigenvalue weighted by Gasteiger charge is -2.28. The average molecular weight is 467 g/mol. The molecule has 2 aromatic carbocycles. The average Bonchev–Trinajstić information content (AvgIpc) is 3.31. The van der Waals surface area contributed by atoms with Gasteiger partial charge in [0.05, 0.1) is 11.6 Å². The number of ether oxygens (including phenoxy) is 2. The first-order valence-corrected chi connectivity index (χ1v) is 11.5. The molecule has 2 atom stereocenters. The minimum Gasteiger partial charge on any atom is -0.481 e. The van der Waals surface area contributed by atoms with Crippen molar-refractivity contribution >= 4 is 18.0 Å². The molecule has 2 aromatic rings. The van der Waals surface area contributed by atoms with Crippen LogP contribution in [0, 0.1) is 0 Å². The maximum absolute atomic E-state index is 12.9. The van der Waals surface area contributed by atoms with Crippen LogP contribution in [0.4, 0.5) is 4.79 Å². The van der Waals surface area contributed by atoms with Crippen LogP contribution in [0.3, 0.4) is 0 Å². The molecule has 4 rings (SSSR count). The highest BCUT2D eigenvalue weighted by Crippen LogP contribution is 2.44. The second kappa shape index (κ2) is 9.85. The second-order valence-electron chi connectivity index (χ2n) is 9.26. The molecule has 34 heavy (non-hydrogen) atoms. The summed E-state index contributed by atoms with van der Waals surface area (Å²) in [5.74, 6) is -1.60. The van der Waals surface area contributed by atoms with Gasteiger partial charge in [0.1, 0.15) is 12.6 Å². The van der Waals surface area contributed by atoms with Crippen molar-refractivity contribution in [1.82, 2.24) is 10.6 Å². The molecule has 1 saturated heterocycles. The van der Waals surface area contributed by atoms with Gasteiger partial charge in [-0.05, 0) is 48.9 Å². The Morgan fingerprint density at radius 1 is 1.09 bits per heavy atom. The smallest absolute Gasteiger partial charge is 0.407 e. The van der Waals surface area contributed by atoms with Crippen LogP contribution in [0.5, 0.6) is 0 Å². The Bertz CT molecular complexity index is 1040. The van der Waals surface area contributed by atoms with Gasteiger partial charge in [0.15, 0.2) is 0 Å². The van der Waals surface area contributed by atoms with Crippen molar-refractivity contribution in [2.75, 3.05) is 13.2 Å². The molecule has 2 unspecified atom stereocenters. The van der Waals surface area contributed by atoms with E-state index in [2.05, 4.69) is 22.8 Å². The summed E-state index contributed by atoms with van der Waals surface area (Å²) in [5.41, 5.74) is 3.87. The van der Waals surface area contributed by atoms with Gasteiger partial charge in [0, 0.05) is 18.9 Å². The predicted molar refractivity (Wildman–Crippen MR) is 125 cm³/mol. The van der Waals surface area contributed by atoms with E-state index in [4.69, 9.17) is 14.6 Å². The fourth-order valence-electron chi connectivity index (χ4n) is 4.73. The number of carbonyl (C=O) groups excluding carboxylic acids is 2. The van der Waals surface area contributed by atoms with E-state index in [0.717, 1.165) is 22.3 Å². The van der Waals surface area contributed by atoms with E-state index in [1.807, 2.05) is 50.2 Å². The second-order valence-corrected chi connectivity index (χ2v) is 9.26. The number of nitrogens with one attached hydrogen (secondary N) is 2. The van der Waals surface area contributed by atoms with Gasteiger partial charge in [-0.2, -0.15) is 0 Å². The standard InChI is InChI=1S/C26H30N2O6/c1-26(2)22(13-14-34-26)28-24(31)21(11-12-23(29)30)27-25(32)33-15-20-18-9-5-3-7-16(18)17-8-4-6-10-19(17)20/h3-10,20-22H,11-15H2,1-2H3,(H,27,32)(H,28,31)(H,29,30). The first kappa shape index (κ1) is 23.8. The number of fused-ring (bicyclic) bond motifs is 3. The lowest BCUT2D eigenvalue weighted by Crippen LogP contribution is -2.53. The highest BCUT2D eigenvalue weighted by atomic mass is 16.5. The minimum absolute atomic E-state index is 0.0423. The van der Waals surface area contributed by atoms with Crippen LogP contribution in [-0.2, 0) is 19.1 Å². The summed E-state index contributed by atoms with van der Waals surface area (Å²) in [4.78, 5) is 36.7. The molecule has 2 amide bonds. The molecule has 1 fully saturated rings. The molecule has 8 heteroatoms. The molecule has 0 spiro atoms. The SMILES string of the molecule is CC1(C)OCCC1NC(=O)C(CCC(=O)O)NC(=O)OCC1c2ccccc2-c2ccccc21. The van der Waals surface area contributed by atoms with E-state index in [-0.39, 0.29) is 31.4 Å². The van der Waals surface area contributed by atoms with Crippen molar-refractivity contribution in [2.24, 2.45) is 0 Å². The number of carbonyl (C=O) groups is 3. The zero-order valence-corrected chi connectivity index (χ0v) is 19.4. The van der Waals surface area contributed by atoms with Gasteiger partial charge < -0.3 is 25.2 Å². The van der Waals surface area contributed by atoms with Gasteiger partial charge in [-0.25, -0.2) is 4.79 Å². The Morgan fingerprint density at radius 3 is 2.26 bits per heavy atom. The number of rotatable bonds is 8. The molecule has 8 nitrogen and oxygen atoms in total. The van der Waals surface area contributed by atoms with Crippen LogP contribution in [-0.4, -0.2) is 54.0 Å². The molecule has 2 aliphatic rings. The van der Waals surface area contributed by atoms with E-state index in [1.165, 1.54) is 0 Å². The summed E-state index contributed by atoms with van der Waals surface area (Å²) < 4.78 is 11.2. The normalized spacial score (nSPS) is 19.1. The molecule has 3 N–H and O–H groups in total. The number of carboxylic acids is 1. The molecular weight excluding hydrogens is 436 g/mol. The molecule has 1 heterocycles. The molecule has 1 aliphatic carbocycles. The van der Waals surface area contributed by atoms with Crippen molar-refractivity contribution in [3.8, 4) is 11.1 Å². The fourth-order valence-corrected chi connectivity index (χ4v) is 4.73. The van der Waals surface area contributed by atoms with Crippen molar-refractivity contribution < 1.29 is 29.0 Å². The number of hydrogen-bond donors (Lipinski definition) is 3. The molecular formula is C26H30N2O6. The van der Waals surface area contributed by atoms with Gasteiger partial charge in [0.2, 0.25) is 5.91 Å². The maximum Gasteiger partial charge on any atom is 0.407 e. The molecule has 0 saturated carbocycles.